The SMILES string of the molecule is COc1c(/C(C)=C/C(=O)Nc2nc3ccc(Cl)cc3s2)cc2c3c(oc2c1C)CCCC3. The molecule has 5 nitrogen and oxygen atoms in total. The Morgan fingerprint density at radius 1 is 1.28 bits per heavy atom. The summed E-state index contributed by atoms with van der Waals surface area (Å²) in [5.74, 6) is 1.59. The van der Waals surface area contributed by atoms with Crippen LogP contribution in [-0.4, -0.2) is 18.0 Å². The summed E-state index contributed by atoms with van der Waals surface area (Å²) >= 11 is 7.45. The number of thiazole rings is 1. The summed E-state index contributed by atoms with van der Waals surface area (Å²) in [6, 6.07) is 7.59. The Morgan fingerprint density at radius 3 is 2.91 bits per heavy atom. The number of rotatable bonds is 4. The largest absolute Gasteiger partial charge is 0.496 e. The molecule has 0 saturated carbocycles. The van der Waals surface area contributed by atoms with Crippen LogP contribution >= 0.6 is 22.9 Å². The monoisotopic (exact) mass is 466 g/mol. The average molecular weight is 467 g/mol. The molecule has 4 aromatic rings. The molecular weight excluding hydrogens is 444 g/mol. The number of anilines is 1. The summed E-state index contributed by atoms with van der Waals surface area (Å²) in [6.45, 7) is 3.94. The highest BCUT2D eigenvalue weighted by Crippen LogP contribution is 2.41. The first-order valence-corrected chi connectivity index (χ1v) is 11.8. The van der Waals surface area contributed by atoms with Gasteiger partial charge >= 0.3 is 0 Å². The molecule has 0 atom stereocenters. The van der Waals surface area contributed by atoms with Crippen molar-refractivity contribution in [2.75, 3.05) is 12.4 Å². The number of methoxy groups -OCH3 is 1. The predicted octanol–water partition coefficient (Wildman–Crippen LogP) is 6.93. The van der Waals surface area contributed by atoms with Gasteiger partial charge in [-0.1, -0.05) is 22.9 Å². The molecule has 5 rings (SSSR count). The third-order valence-electron chi connectivity index (χ3n) is 5.98. The maximum atomic E-state index is 12.8. The number of benzene rings is 2. The molecule has 1 aliphatic rings. The average Bonchev–Trinajstić information content (AvgIpc) is 3.34. The minimum Gasteiger partial charge on any atom is -0.496 e. The normalized spacial score (nSPS) is 14.1. The fraction of sp³-hybridized carbons (Fsp3) is 0.280. The van der Waals surface area contributed by atoms with E-state index in [2.05, 4.69) is 16.4 Å². The molecule has 32 heavy (non-hydrogen) atoms. The van der Waals surface area contributed by atoms with E-state index >= 15 is 0 Å². The number of ether oxygens (including phenoxy) is 1. The van der Waals surface area contributed by atoms with E-state index < -0.39 is 0 Å². The number of aryl methyl sites for hydroxylation is 3. The molecule has 0 bridgehead atoms. The van der Waals surface area contributed by atoms with E-state index in [-0.39, 0.29) is 5.91 Å². The molecule has 2 heterocycles. The van der Waals surface area contributed by atoms with Gasteiger partial charge in [-0.25, -0.2) is 4.98 Å². The maximum Gasteiger partial charge on any atom is 0.250 e. The number of aromatic nitrogens is 1. The van der Waals surface area contributed by atoms with E-state index in [4.69, 9.17) is 20.8 Å². The zero-order valence-corrected chi connectivity index (χ0v) is 19.7. The molecule has 1 N–H and O–H groups in total. The van der Waals surface area contributed by atoms with Gasteiger partial charge in [0.25, 0.3) is 0 Å². The number of carbonyl (C=O) groups is 1. The van der Waals surface area contributed by atoms with Gasteiger partial charge in [-0.3, -0.25) is 10.1 Å². The van der Waals surface area contributed by atoms with E-state index in [1.165, 1.54) is 23.3 Å². The third kappa shape index (κ3) is 3.67. The van der Waals surface area contributed by atoms with Crippen LogP contribution in [0, 0.1) is 6.92 Å². The first-order valence-electron chi connectivity index (χ1n) is 10.6. The Labute approximate surface area is 195 Å². The molecular formula is C25H23ClN2O3S. The summed E-state index contributed by atoms with van der Waals surface area (Å²) in [6.07, 6.45) is 5.93. The van der Waals surface area contributed by atoms with Gasteiger partial charge in [0.1, 0.15) is 17.1 Å². The number of amides is 1. The summed E-state index contributed by atoms with van der Waals surface area (Å²) in [5.41, 5.74) is 5.68. The van der Waals surface area contributed by atoms with E-state index in [1.807, 2.05) is 26.0 Å². The van der Waals surface area contributed by atoms with Crippen molar-refractivity contribution >= 4 is 60.7 Å². The Kier molecular flexibility index (Phi) is 5.43. The molecule has 0 spiro atoms. The quantitative estimate of drug-likeness (QED) is 0.331. The van der Waals surface area contributed by atoms with E-state index in [0.717, 1.165) is 68.7 Å². The van der Waals surface area contributed by atoms with Crippen LogP contribution in [0.2, 0.25) is 5.02 Å². The number of furan rings is 1. The molecule has 0 radical (unpaired) electrons. The van der Waals surface area contributed by atoms with Gasteiger partial charge in [-0.2, -0.15) is 0 Å². The molecule has 0 aliphatic heterocycles. The highest BCUT2D eigenvalue weighted by Gasteiger charge is 2.23. The number of fused-ring (bicyclic) bond motifs is 4. The molecule has 2 aromatic heterocycles. The van der Waals surface area contributed by atoms with Crippen LogP contribution in [0.15, 0.2) is 34.8 Å². The zero-order chi connectivity index (χ0) is 22.4. The number of allylic oxidation sites excluding steroid dienone is 1. The van der Waals surface area contributed by atoms with Gasteiger partial charge in [-0.05, 0) is 62.9 Å². The lowest BCUT2D eigenvalue weighted by Gasteiger charge is -2.13. The van der Waals surface area contributed by atoms with Gasteiger partial charge < -0.3 is 9.15 Å². The smallest absolute Gasteiger partial charge is 0.250 e. The minimum absolute atomic E-state index is 0.235. The number of hydrogen-bond acceptors (Lipinski definition) is 5. The van der Waals surface area contributed by atoms with Gasteiger partial charge in [0.15, 0.2) is 5.13 Å². The van der Waals surface area contributed by atoms with Crippen molar-refractivity contribution in [2.45, 2.75) is 39.5 Å². The van der Waals surface area contributed by atoms with Crippen molar-refractivity contribution in [3.05, 3.63) is 57.8 Å². The van der Waals surface area contributed by atoms with Gasteiger partial charge in [0.05, 0.1) is 17.3 Å². The van der Waals surface area contributed by atoms with Crippen molar-refractivity contribution in [3.63, 3.8) is 0 Å². The van der Waals surface area contributed by atoms with Crippen molar-refractivity contribution in [1.82, 2.24) is 4.98 Å². The highest BCUT2D eigenvalue weighted by molar-refractivity contribution is 7.22. The second kappa shape index (κ2) is 8.26. The summed E-state index contributed by atoms with van der Waals surface area (Å²) < 4.78 is 12.9. The first kappa shape index (κ1) is 21.0. The van der Waals surface area contributed by atoms with Crippen molar-refractivity contribution in [2.24, 2.45) is 0 Å². The molecule has 1 aliphatic carbocycles. The minimum atomic E-state index is -0.235. The number of nitrogens with one attached hydrogen (secondary N) is 1. The lowest BCUT2D eigenvalue weighted by atomic mass is 9.93. The van der Waals surface area contributed by atoms with Gasteiger partial charge in [0.2, 0.25) is 5.91 Å². The fourth-order valence-corrected chi connectivity index (χ4v) is 5.61. The van der Waals surface area contributed by atoms with Crippen LogP contribution in [0.4, 0.5) is 5.13 Å². The lowest BCUT2D eigenvalue weighted by molar-refractivity contribution is -0.111. The number of hydrogen-bond donors (Lipinski definition) is 1. The number of carbonyl (C=O) groups excluding carboxylic acids is 1. The molecule has 2 aromatic carbocycles. The Balaban J connectivity index is 1.49. The highest BCUT2D eigenvalue weighted by atomic mass is 35.5. The van der Waals surface area contributed by atoms with Crippen LogP contribution in [0.5, 0.6) is 5.75 Å². The Morgan fingerprint density at radius 2 is 2.09 bits per heavy atom. The molecule has 7 heteroatoms. The first-order chi connectivity index (χ1) is 15.4. The summed E-state index contributed by atoms with van der Waals surface area (Å²) in [7, 11) is 1.65. The van der Waals surface area contributed by atoms with E-state index in [0.29, 0.717) is 10.2 Å². The number of halogens is 1. The Bertz CT molecular complexity index is 1400. The van der Waals surface area contributed by atoms with Crippen molar-refractivity contribution in [3.8, 4) is 5.75 Å². The zero-order valence-electron chi connectivity index (χ0n) is 18.2. The van der Waals surface area contributed by atoms with Crippen LogP contribution in [0.3, 0.4) is 0 Å². The topological polar surface area (TPSA) is 64.4 Å². The molecule has 0 saturated heterocycles. The van der Waals surface area contributed by atoms with E-state index in [9.17, 15) is 4.79 Å². The third-order valence-corrected chi connectivity index (χ3v) is 7.15. The second-order valence-corrected chi connectivity index (χ2v) is 9.58. The van der Waals surface area contributed by atoms with Crippen molar-refractivity contribution in [1.29, 1.82) is 0 Å². The maximum absolute atomic E-state index is 12.8. The van der Waals surface area contributed by atoms with E-state index in [1.54, 1.807) is 19.3 Å². The van der Waals surface area contributed by atoms with Crippen LogP contribution < -0.4 is 10.1 Å². The fourth-order valence-electron chi connectivity index (χ4n) is 4.46. The van der Waals surface area contributed by atoms with Crippen LogP contribution in [0.25, 0.3) is 26.8 Å². The molecule has 1 amide bonds. The summed E-state index contributed by atoms with van der Waals surface area (Å²) in [4.78, 5) is 17.2. The standard InChI is InChI=1S/C25H23ClN2O3S/c1-13(10-22(29)28-25-27-19-9-8-15(26)11-21(19)32-25)17-12-18-16-6-4-5-7-20(16)31-24(18)14(2)23(17)30-3/h8-12H,4-7H2,1-3H3,(H,27,28,29)/b13-10+. The van der Waals surface area contributed by atoms with Crippen LogP contribution in [0.1, 0.15) is 42.2 Å². The van der Waals surface area contributed by atoms with Crippen LogP contribution in [-0.2, 0) is 17.6 Å². The van der Waals surface area contributed by atoms with Gasteiger partial charge in [0, 0.05) is 39.6 Å². The predicted molar refractivity (Wildman–Crippen MR) is 131 cm³/mol. The summed E-state index contributed by atoms with van der Waals surface area (Å²) in [5, 5.41) is 5.19. The lowest BCUT2D eigenvalue weighted by Crippen LogP contribution is -2.08. The molecule has 0 fully saturated rings. The Hall–Kier alpha value is -2.83. The molecule has 164 valence electrons. The van der Waals surface area contributed by atoms with Gasteiger partial charge in [-0.15, -0.1) is 0 Å². The second-order valence-electron chi connectivity index (χ2n) is 8.12. The molecule has 0 unspecified atom stereocenters. The van der Waals surface area contributed by atoms with Crippen molar-refractivity contribution < 1.29 is 13.9 Å². The number of nitrogens with zero attached hydrogens (tertiary/aromatic N) is 1.